The lowest BCUT2D eigenvalue weighted by Gasteiger charge is -2.24. The van der Waals surface area contributed by atoms with E-state index < -0.39 is 0 Å². The van der Waals surface area contributed by atoms with Crippen molar-refractivity contribution in [3.63, 3.8) is 0 Å². The Morgan fingerprint density at radius 2 is 2.21 bits per heavy atom. The van der Waals surface area contributed by atoms with Crippen LogP contribution >= 0.6 is 11.5 Å². The molecule has 4 rings (SSSR count). The monoisotopic (exact) mass is 275 g/mol. The van der Waals surface area contributed by atoms with Crippen molar-refractivity contribution in [1.82, 2.24) is 9.36 Å². The maximum Gasteiger partial charge on any atom is 0.231 e. The number of hydrogen-bond donors (Lipinski definition) is 0. The van der Waals surface area contributed by atoms with E-state index >= 15 is 0 Å². The molecule has 0 bridgehead atoms. The van der Waals surface area contributed by atoms with Gasteiger partial charge in [0.1, 0.15) is 6.33 Å². The van der Waals surface area contributed by atoms with Gasteiger partial charge in [-0.25, -0.2) is 4.98 Å². The molecule has 0 radical (unpaired) electrons. The van der Waals surface area contributed by atoms with Crippen LogP contribution in [0.2, 0.25) is 0 Å². The summed E-state index contributed by atoms with van der Waals surface area (Å²) in [6.45, 7) is 1.36. The van der Waals surface area contributed by atoms with Gasteiger partial charge < -0.3 is 14.4 Å². The Balaban J connectivity index is 1.67. The van der Waals surface area contributed by atoms with E-state index in [2.05, 4.69) is 26.4 Å². The lowest BCUT2D eigenvalue weighted by atomic mass is 10.0. The number of fused-ring (bicyclic) bond motifs is 1. The molecule has 0 spiro atoms. The Kier molecular flexibility index (Phi) is 2.55. The Hall–Kier alpha value is -1.82. The van der Waals surface area contributed by atoms with Crippen molar-refractivity contribution in [1.29, 1.82) is 0 Å². The predicted octanol–water partition coefficient (Wildman–Crippen LogP) is 2.61. The first-order valence-corrected chi connectivity index (χ1v) is 7.12. The molecule has 0 N–H and O–H groups in total. The third kappa shape index (κ3) is 1.83. The third-order valence-corrected chi connectivity index (χ3v) is 4.33. The summed E-state index contributed by atoms with van der Waals surface area (Å²) in [6.07, 6.45) is 3.94. The lowest BCUT2D eigenvalue weighted by molar-refractivity contribution is 0.174. The first-order valence-electron chi connectivity index (χ1n) is 6.35. The van der Waals surface area contributed by atoms with Gasteiger partial charge in [-0.05, 0) is 30.5 Å². The molecule has 6 heteroatoms. The van der Waals surface area contributed by atoms with E-state index in [1.807, 2.05) is 6.07 Å². The first-order chi connectivity index (χ1) is 9.42. The standard InChI is InChI=1S/C13H13N3O2S/c1-2-10(16(5-1)13-14-7-15-19-13)9-3-4-11-12(6-9)18-8-17-11/h3-4,6-7,10H,1-2,5,8H2/t10-/m1/s1. The van der Waals surface area contributed by atoms with Crippen molar-refractivity contribution < 1.29 is 9.47 Å². The van der Waals surface area contributed by atoms with Crippen LogP contribution < -0.4 is 14.4 Å². The van der Waals surface area contributed by atoms with Crippen molar-refractivity contribution >= 4 is 16.7 Å². The quantitative estimate of drug-likeness (QED) is 0.843. The van der Waals surface area contributed by atoms with Gasteiger partial charge in [0.15, 0.2) is 11.5 Å². The maximum absolute atomic E-state index is 5.46. The molecule has 1 aromatic heterocycles. The summed E-state index contributed by atoms with van der Waals surface area (Å²) in [4.78, 5) is 6.65. The van der Waals surface area contributed by atoms with Gasteiger partial charge in [-0.1, -0.05) is 6.07 Å². The molecule has 0 unspecified atom stereocenters. The van der Waals surface area contributed by atoms with Gasteiger partial charge in [0, 0.05) is 18.1 Å². The highest BCUT2D eigenvalue weighted by Gasteiger charge is 2.29. The fourth-order valence-corrected chi connectivity index (χ4v) is 3.36. The highest BCUT2D eigenvalue weighted by atomic mass is 32.1. The van der Waals surface area contributed by atoms with E-state index in [0.29, 0.717) is 12.8 Å². The second-order valence-electron chi connectivity index (χ2n) is 4.69. The Morgan fingerprint density at radius 3 is 3.11 bits per heavy atom. The van der Waals surface area contributed by atoms with Crippen LogP contribution in [0.4, 0.5) is 5.13 Å². The minimum absolute atomic E-state index is 0.323. The molecule has 98 valence electrons. The van der Waals surface area contributed by atoms with Gasteiger partial charge in [0.25, 0.3) is 0 Å². The molecule has 5 nitrogen and oxygen atoms in total. The molecular weight excluding hydrogens is 262 g/mol. The minimum atomic E-state index is 0.323. The van der Waals surface area contributed by atoms with E-state index in [4.69, 9.17) is 9.47 Å². The first kappa shape index (κ1) is 11.0. The molecule has 2 aliphatic heterocycles. The summed E-state index contributed by atoms with van der Waals surface area (Å²) in [5.41, 5.74) is 1.26. The summed E-state index contributed by atoms with van der Waals surface area (Å²) >= 11 is 1.45. The molecule has 2 aromatic rings. The second kappa shape index (κ2) is 4.38. The molecule has 19 heavy (non-hydrogen) atoms. The lowest BCUT2D eigenvalue weighted by Crippen LogP contribution is -2.22. The van der Waals surface area contributed by atoms with Gasteiger partial charge in [0.2, 0.25) is 11.9 Å². The summed E-state index contributed by atoms with van der Waals surface area (Å²) in [7, 11) is 0. The zero-order valence-corrected chi connectivity index (χ0v) is 11.1. The molecule has 1 atom stereocenters. The van der Waals surface area contributed by atoms with Gasteiger partial charge in [-0.3, -0.25) is 0 Å². The van der Waals surface area contributed by atoms with Crippen LogP contribution in [0.3, 0.4) is 0 Å². The molecule has 1 saturated heterocycles. The van der Waals surface area contributed by atoms with Crippen molar-refractivity contribution in [2.24, 2.45) is 0 Å². The average molecular weight is 275 g/mol. The molecule has 1 fully saturated rings. The molecule has 3 heterocycles. The Labute approximate surface area is 115 Å². The number of rotatable bonds is 2. The average Bonchev–Trinajstić information content (AvgIpc) is 3.18. The smallest absolute Gasteiger partial charge is 0.231 e. The highest BCUT2D eigenvalue weighted by Crippen LogP contribution is 2.40. The third-order valence-electron chi connectivity index (χ3n) is 3.63. The SMILES string of the molecule is c1nsc(N2CCC[C@@H]2c2ccc3c(c2)OCO3)n1. The summed E-state index contributed by atoms with van der Waals surface area (Å²) < 4.78 is 14.9. The van der Waals surface area contributed by atoms with Crippen LogP contribution in [0.1, 0.15) is 24.4 Å². The fourth-order valence-electron chi connectivity index (χ4n) is 2.76. The zero-order chi connectivity index (χ0) is 12.7. The topological polar surface area (TPSA) is 47.5 Å². The molecule has 0 aliphatic carbocycles. The number of aromatic nitrogens is 2. The van der Waals surface area contributed by atoms with Crippen LogP contribution in [0, 0.1) is 0 Å². The van der Waals surface area contributed by atoms with E-state index in [1.54, 1.807) is 6.33 Å². The second-order valence-corrected chi connectivity index (χ2v) is 5.45. The van der Waals surface area contributed by atoms with Gasteiger partial charge in [-0.15, -0.1) is 0 Å². The van der Waals surface area contributed by atoms with E-state index in [0.717, 1.165) is 29.6 Å². The van der Waals surface area contributed by atoms with Crippen LogP contribution in [-0.4, -0.2) is 22.7 Å². The van der Waals surface area contributed by atoms with Crippen molar-refractivity contribution in [2.45, 2.75) is 18.9 Å². The predicted molar refractivity (Wildman–Crippen MR) is 71.8 cm³/mol. The number of benzene rings is 1. The summed E-state index contributed by atoms with van der Waals surface area (Å²) in [5, 5.41) is 1.00. The minimum Gasteiger partial charge on any atom is -0.454 e. The largest absolute Gasteiger partial charge is 0.454 e. The van der Waals surface area contributed by atoms with Crippen molar-refractivity contribution in [2.75, 3.05) is 18.2 Å². The van der Waals surface area contributed by atoms with Gasteiger partial charge >= 0.3 is 0 Å². The molecule has 0 amide bonds. The van der Waals surface area contributed by atoms with Crippen LogP contribution in [-0.2, 0) is 0 Å². The summed E-state index contributed by atoms with van der Waals surface area (Å²) in [6, 6.07) is 6.57. The molecule has 0 saturated carbocycles. The van der Waals surface area contributed by atoms with Crippen LogP contribution in [0.15, 0.2) is 24.5 Å². The number of ether oxygens (including phenoxy) is 2. The van der Waals surface area contributed by atoms with E-state index in [-0.39, 0.29) is 0 Å². The van der Waals surface area contributed by atoms with Crippen LogP contribution in [0.25, 0.3) is 0 Å². The number of anilines is 1. The van der Waals surface area contributed by atoms with Crippen LogP contribution in [0.5, 0.6) is 11.5 Å². The Bertz CT molecular complexity index is 588. The van der Waals surface area contributed by atoms with Crippen molar-refractivity contribution in [3.8, 4) is 11.5 Å². The Morgan fingerprint density at radius 1 is 1.26 bits per heavy atom. The normalized spacial score (nSPS) is 21.1. The molecular formula is C13H13N3O2S. The maximum atomic E-state index is 5.46. The number of hydrogen-bond acceptors (Lipinski definition) is 6. The zero-order valence-electron chi connectivity index (χ0n) is 10.3. The highest BCUT2D eigenvalue weighted by molar-refractivity contribution is 7.09. The van der Waals surface area contributed by atoms with Crippen molar-refractivity contribution in [3.05, 3.63) is 30.1 Å². The van der Waals surface area contributed by atoms with E-state index in [9.17, 15) is 0 Å². The molecule has 2 aliphatic rings. The van der Waals surface area contributed by atoms with E-state index in [1.165, 1.54) is 23.5 Å². The molecule has 1 aromatic carbocycles. The summed E-state index contributed by atoms with van der Waals surface area (Å²) in [5.74, 6) is 1.69. The fraction of sp³-hybridized carbons (Fsp3) is 0.385. The van der Waals surface area contributed by atoms with Gasteiger partial charge in [0.05, 0.1) is 6.04 Å². The van der Waals surface area contributed by atoms with Gasteiger partial charge in [-0.2, -0.15) is 4.37 Å². The number of nitrogens with zero attached hydrogens (tertiary/aromatic N) is 3.